The smallest absolute Gasteiger partial charge is 0.0431 e. The van der Waals surface area contributed by atoms with Crippen LogP contribution >= 0.6 is 0 Å². The van der Waals surface area contributed by atoms with Crippen LogP contribution in [-0.4, -0.2) is 11.7 Å². The Morgan fingerprint density at radius 1 is 0.733 bits per heavy atom. The second-order valence-corrected chi connectivity index (χ2v) is 4.72. The predicted octanol–water partition coefficient (Wildman–Crippen LogP) is 4.54. The van der Waals surface area contributed by atoms with Crippen molar-refractivity contribution in [1.29, 1.82) is 0 Å². The standard InChI is InChI=1S/C14H30O/c1-3-5-7-10-14(12-9-13-15)11-8-6-4-2/h14-15H,3-13H2,1-2H3. The molecular formula is C14H30O. The monoisotopic (exact) mass is 214 g/mol. The minimum Gasteiger partial charge on any atom is -0.396 e. The lowest BCUT2D eigenvalue weighted by atomic mass is 9.91. The zero-order valence-corrected chi connectivity index (χ0v) is 10.8. The van der Waals surface area contributed by atoms with Crippen LogP contribution in [0.4, 0.5) is 0 Å². The molecule has 0 spiro atoms. The van der Waals surface area contributed by atoms with Crippen LogP contribution < -0.4 is 0 Å². The summed E-state index contributed by atoms with van der Waals surface area (Å²) in [5.41, 5.74) is 0. The normalized spacial score (nSPS) is 11.2. The fraction of sp³-hybridized carbons (Fsp3) is 1.00. The maximum absolute atomic E-state index is 8.86. The molecule has 15 heavy (non-hydrogen) atoms. The quantitative estimate of drug-likeness (QED) is 0.501. The van der Waals surface area contributed by atoms with Crippen LogP contribution in [0.15, 0.2) is 0 Å². The summed E-state index contributed by atoms with van der Waals surface area (Å²) in [6.45, 7) is 4.90. The van der Waals surface area contributed by atoms with Gasteiger partial charge in [0.2, 0.25) is 0 Å². The minimum atomic E-state index is 0.373. The molecule has 0 fully saturated rings. The maximum Gasteiger partial charge on any atom is 0.0431 e. The molecule has 0 amide bonds. The summed E-state index contributed by atoms with van der Waals surface area (Å²) in [6.07, 6.45) is 13.2. The SMILES string of the molecule is CCCCCC(CCCO)CCCCC. The van der Waals surface area contributed by atoms with E-state index in [1.54, 1.807) is 0 Å². The van der Waals surface area contributed by atoms with Crippen LogP contribution in [0, 0.1) is 5.92 Å². The van der Waals surface area contributed by atoms with E-state index in [2.05, 4.69) is 13.8 Å². The molecule has 0 aromatic carbocycles. The number of aliphatic hydroxyl groups is 1. The highest BCUT2D eigenvalue weighted by atomic mass is 16.2. The van der Waals surface area contributed by atoms with Crippen LogP contribution in [0.5, 0.6) is 0 Å². The Labute approximate surface area is 96.3 Å². The molecule has 0 rings (SSSR count). The number of aliphatic hydroxyl groups excluding tert-OH is 1. The molecule has 0 unspecified atom stereocenters. The maximum atomic E-state index is 8.86. The lowest BCUT2D eigenvalue weighted by molar-refractivity contribution is 0.262. The zero-order valence-electron chi connectivity index (χ0n) is 10.8. The van der Waals surface area contributed by atoms with Gasteiger partial charge in [-0.15, -0.1) is 0 Å². The number of unbranched alkanes of at least 4 members (excludes halogenated alkanes) is 4. The van der Waals surface area contributed by atoms with Gasteiger partial charge in [-0.3, -0.25) is 0 Å². The van der Waals surface area contributed by atoms with Crippen molar-refractivity contribution in [2.45, 2.75) is 78.1 Å². The molecule has 1 heteroatoms. The fourth-order valence-corrected chi connectivity index (χ4v) is 2.18. The van der Waals surface area contributed by atoms with Gasteiger partial charge in [-0.05, 0) is 18.8 Å². The van der Waals surface area contributed by atoms with Crippen molar-refractivity contribution < 1.29 is 5.11 Å². The van der Waals surface area contributed by atoms with E-state index in [1.165, 1.54) is 57.8 Å². The van der Waals surface area contributed by atoms with Gasteiger partial charge in [0.15, 0.2) is 0 Å². The Kier molecular flexibility index (Phi) is 12.0. The van der Waals surface area contributed by atoms with E-state index in [-0.39, 0.29) is 0 Å². The molecule has 0 heterocycles. The summed E-state index contributed by atoms with van der Waals surface area (Å²) in [6, 6.07) is 0. The molecule has 0 saturated carbocycles. The van der Waals surface area contributed by atoms with Gasteiger partial charge in [0.05, 0.1) is 0 Å². The van der Waals surface area contributed by atoms with Crippen molar-refractivity contribution in [3.8, 4) is 0 Å². The molecule has 0 aromatic heterocycles. The molecule has 0 aromatic rings. The Morgan fingerprint density at radius 2 is 1.20 bits per heavy atom. The predicted molar refractivity (Wildman–Crippen MR) is 68.1 cm³/mol. The van der Waals surface area contributed by atoms with E-state index in [4.69, 9.17) is 5.11 Å². The summed E-state index contributed by atoms with van der Waals surface area (Å²) in [4.78, 5) is 0. The van der Waals surface area contributed by atoms with Gasteiger partial charge in [-0.25, -0.2) is 0 Å². The van der Waals surface area contributed by atoms with Crippen LogP contribution in [-0.2, 0) is 0 Å². The first kappa shape index (κ1) is 15.0. The van der Waals surface area contributed by atoms with E-state index in [1.807, 2.05) is 0 Å². The fourth-order valence-electron chi connectivity index (χ4n) is 2.18. The van der Waals surface area contributed by atoms with E-state index in [0.717, 1.165) is 12.3 Å². The molecule has 92 valence electrons. The van der Waals surface area contributed by atoms with Crippen LogP contribution in [0.25, 0.3) is 0 Å². The molecule has 0 aliphatic carbocycles. The lowest BCUT2D eigenvalue weighted by Gasteiger charge is -2.15. The summed E-state index contributed by atoms with van der Waals surface area (Å²) in [5.74, 6) is 0.884. The van der Waals surface area contributed by atoms with Crippen molar-refractivity contribution in [2.24, 2.45) is 5.92 Å². The van der Waals surface area contributed by atoms with Crippen molar-refractivity contribution in [2.75, 3.05) is 6.61 Å². The molecule has 1 N–H and O–H groups in total. The van der Waals surface area contributed by atoms with Crippen molar-refractivity contribution in [3.63, 3.8) is 0 Å². The summed E-state index contributed by atoms with van der Waals surface area (Å²) in [7, 11) is 0. The van der Waals surface area contributed by atoms with Gasteiger partial charge >= 0.3 is 0 Å². The lowest BCUT2D eigenvalue weighted by Crippen LogP contribution is -2.02. The molecule has 0 atom stereocenters. The molecule has 0 aliphatic rings. The first-order valence-corrected chi connectivity index (χ1v) is 6.96. The first-order valence-electron chi connectivity index (χ1n) is 6.96. The molecule has 0 saturated heterocycles. The highest BCUT2D eigenvalue weighted by molar-refractivity contribution is 4.60. The topological polar surface area (TPSA) is 20.2 Å². The number of hydrogen-bond donors (Lipinski definition) is 1. The number of hydrogen-bond acceptors (Lipinski definition) is 1. The largest absolute Gasteiger partial charge is 0.396 e. The first-order chi connectivity index (χ1) is 7.35. The van der Waals surface area contributed by atoms with Gasteiger partial charge in [-0.2, -0.15) is 0 Å². The molecular weight excluding hydrogens is 184 g/mol. The van der Waals surface area contributed by atoms with E-state index >= 15 is 0 Å². The van der Waals surface area contributed by atoms with Gasteiger partial charge in [-0.1, -0.05) is 65.2 Å². The Hall–Kier alpha value is -0.0400. The van der Waals surface area contributed by atoms with Crippen molar-refractivity contribution in [1.82, 2.24) is 0 Å². The Morgan fingerprint density at radius 3 is 1.60 bits per heavy atom. The summed E-state index contributed by atoms with van der Waals surface area (Å²) < 4.78 is 0. The van der Waals surface area contributed by atoms with Crippen LogP contribution in [0.1, 0.15) is 78.1 Å². The molecule has 1 nitrogen and oxygen atoms in total. The third kappa shape index (κ3) is 10.2. The van der Waals surface area contributed by atoms with Crippen LogP contribution in [0.2, 0.25) is 0 Å². The summed E-state index contributed by atoms with van der Waals surface area (Å²) in [5, 5.41) is 8.86. The highest BCUT2D eigenvalue weighted by Crippen LogP contribution is 2.21. The highest BCUT2D eigenvalue weighted by Gasteiger charge is 2.07. The zero-order chi connectivity index (χ0) is 11.4. The average Bonchev–Trinajstić information content (AvgIpc) is 2.25. The summed E-state index contributed by atoms with van der Waals surface area (Å²) >= 11 is 0. The van der Waals surface area contributed by atoms with Crippen LogP contribution in [0.3, 0.4) is 0 Å². The molecule has 0 aliphatic heterocycles. The van der Waals surface area contributed by atoms with Gasteiger partial charge in [0.25, 0.3) is 0 Å². The second-order valence-electron chi connectivity index (χ2n) is 4.72. The third-order valence-corrected chi connectivity index (χ3v) is 3.20. The van der Waals surface area contributed by atoms with Crippen molar-refractivity contribution >= 4 is 0 Å². The average molecular weight is 214 g/mol. The van der Waals surface area contributed by atoms with Crippen molar-refractivity contribution in [3.05, 3.63) is 0 Å². The van der Waals surface area contributed by atoms with Gasteiger partial charge < -0.3 is 5.11 Å². The third-order valence-electron chi connectivity index (χ3n) is 3.20. The van der Waals surface area contributed by atoms with E-state index in [0.29, 0.717) is 6.61 Å². The van der Waals surface area contributed by atoms with Gasteiger partial charge in [0, 0.05) is 6.61 Å². The van der Waals surface area contributed by atoms with E-state index < -0.39 is 0 Å². The van der Waals surface area contributed by atoms with Gasteiger partial charge in [0.1, 0.15) is 0 Å². The Bertz CT molecular complexity index is 102. The van der Waals surface area contributed by atoms with E-state index in [9.17, 15) is 0 Å². The number of rotatable bonds is 11. The molecule has 0 bridgehead atoms. The minimum absolute atomic E-state index is 0.373. The second kappa shape index (κ2) is 12.0. The molecule has 0 radical (unpaired) electrons. The Balaban J connectivity index is 3.53.